The van der Waals surface area contributed by atoms with Crippen LogP contribution < -0.4 is 5.32 Å². The van der Waals surface area contributed by atoms with Crippen molar-refractivity contribution in [2.45, 2.75) is 13.0 Å². The van der Waals surface area contributed by atoms with Crippen LogP contribution in [0.25, 0.3) is 10.8 Å². The molecule has 0 radical (unpaired) electrons. The lowest BCUT2D eigenvalue weighted by molar-refractivity contribution is 0.887. The van der Waals surface area contributed by atoms with Crippen LogP contribution in [-0.4, -0.2) is 0 Å². The summed E-state index contributed by atoms with van der Waals surface area (Å²) in [5, 5.41) is 7.30. The normalized spacial score (nSPS) is 12.3. The zero-order valence-electron chi connectivity index (χ0n) is 11.6. The number of hydrogen-bond donors (Lipinski definition) is 1. The average Bonchev–Trinajstić information content (AvgIpc) is 2.47. The monoisotopic (exact) mass is 315 g/mol. The molecule has 3 aromatic rings. The summed E-state index contributed by atoms with van der Waals surface area (Å²) in [4.78, 5) is 0. The molecule has 0 aliphatic carbocycles. The highest BCUT2D eigenvalue weighted by Gasteiger charge is 2.11. The third-order valence-electron chi connectivity index (χ3n) is 3.59. The Labute approximate surface area is 134 Å². The Morgan fingerprint density at radius 3 is 2.48 bits per heavy atom. The van der Waals surface area contributed by atoms with Gasteiger partial charge in [0, 0.05) is 21.1 Å². The summed E-state index contributed by atoms with van der Waals surface area (Å²) in [5.74, 6) is 0. The van der Waals surface area contributed by atoms with Gasteiger partial charge in [-0.2, -0.15) is 0 Å². The topological polar surface area (TPSA) is 12.0 Å². The van der Waals surface area contributed by atoms with E-state index in [1.165, 1.54) is 10.8 Å². The number of nitrogens with one attached hydrogen (secondary N) is 1. The van der Waals surface area contributed by atoms with Gasteiger partial charge in [0.2, 0.25) is 0 Å². The lowest BCUT2D eigenvalue weighted by Gasteiger charge is -2.18. The van der Waals surface area contributed by atoms with Gasteiger partial charge < -0.3 is 5.32 Å². The Hall–Kier alpha value is -1.70. The predicted octanol–water partition coefficient (Wildman–Crippen LogP) is 6.32. The minimum absolute atomic E-state index is 0.0978. The van der Waals surface area contributed by atoms with Gasteiger partial charge in [0.1, 0.15) is 0 Å². The summed E-state index contributed by atoms with van der Waals surface area (Å²) >= 11 is 12.2. The van der Waals surface area contributed by atoms with Crippen LogP contribution in [0.4, 0.5) is 5.69 Å². The first-order valence-corrected chi connectivity index (χ1v) is 7.60. The molecule has 3 heteroatoms. The van der Waals surface area contributed by atoms with Crippen molar-refractivity contribution in [1.29, 1.82) is 0 Å². The van der Waals surface area contributed by atoms with E-state index in [0.717, 1.165) is 11.3 Å². The van der Waals surface area contributed by atoms with Crippen molar-refractivity contribution >= 4 is 39.7 Å². The average molecular weight is 316 g/mol. The fourth-order valence-electron chi connectivity index (χ4n) is 2.51. The third-order valence-corrected chi connectivity index (χ3v) is 4.15. The molecule has 1 unspecified atom stereocenters. The number of halogens is 2. The maximum atomic E-state index is 6.28. The van der Waals surface area contributed by atoms with Gasteiger partial charge in [-0.3, -0.25) is 0 Å². The molecule has 1 nitrogen and oxygen atoms in total. The number of hydrogen-bond acceptors (Lipinski definition) is 1. The van der Waals surface area contributed by atoms with Crippen molar-refractivity contribution in [3.05, 3.63) is 76.3 Å². The van der Waals surface area contributed by atoms with Gasteiger partial charge in [-0.25, -0.2) is 0 Å². The molecule has 3 rings (SSSR count). The molecule has 0 aliphatic heterocycles. The molecule has 0 heterocycles. The standard InChI is InChI=1S/C18H15Cl2N/c1-12(15-10-9-14(19)11-17(15)20)21-18-8-4-6-13-5-2-3-7-16(13)18/h2-12,21H,1H3. The molecule has 3 aromatic carbocycles. The first-order valence-electron chi connectivity index (χ1n) is 6.84. The second-order valence-electron chi connectivity index (χ2n) is 5.06. The summed E-state index contributed by atoms with van der Waals surface area (Å²) in [5.41, 5.74) is 2.14. The van der Waals surface area contributed by atoms with Gasteiger partial charge in [0.25, 0.3) is 0 Å². The maximum Gasteiger partial charge on any atom is 0.0500 e. The Bertz CT molecular complexity index is 778. The number of fused-ring (bicyclic) bond motifs is 1. The Morgan fingerprint density at radius 2 is 1.67 bits per heavy atom. The second-order valence-corrected chi connectivity index (χ2v) is 5.90. The van der Waals surface area contributed by atoms with Crippen LogP contribution in [0.1, 0.15) is 18.5 Å². The van der Waals surface area contributed by atoms with Crippen molar-refractivity contribution in [1.82, 2.24) is 0 Å². The molecule has 0 amide bonds. The Kier molecular flexibility index (Phi) is 4.05. The zero-order chi connectivity index (χ0) is 14.8. The maximum absolute atomic E-state index is 6.28. The summed E-state index contributed by atoms with van der Waals surface area (Å²) in [6.07, 6.45) is 0. The first-order chi connectivity index (χ1) is 10.1. The van der Waals surface area contributed by atoms with Crippen LogP contribution in [0.2, 0.25) is 10.0 Å². The van der Waals surface area contributed by atoms with Crippen LogP contribution >= 0.6 is 23.2 Å². The molecule has 0 fully saturated rings. The number of anilines is 1. The fraction of sp³-hybridized carbons (Fsp3) is 0.111. The molecule has 0 saturated carbocycles. The van der Waals surface area contributed by atoms with Gasteiger partial charge in [0.05, 0.1) is 6.04 Å². The predicted molar refractivity (Wildman–Crippen MR) is 92.4 cm³/mol. The van der Waals surface area contributed by atoms with Crippen molar-refractivity contribution < 1.29 is 0 Å². The lowest BCUT2D eigenvalue weighted by Crippen LogP contribution is -2.07. The second kappa shape index (κ2) is 5.97. The molecular weight excluding hydrogens is 301 g/mol. The van der Waals surface area contributed by atoms with Gasteiger partial charge in [0.15, 0.2) is 0 Å². The molecule has 0 aromatic heterocycles. The first kappa shape index (κ1) is 14.2. The van der Waals surface area contributed by atoms with Crippen molar-refractivity contribution in [3.8, 4) is 0 Å². The van der Waals surface area contributed by atoms with Crippen LogP contribution in [0.3, 0.4) is 0 Å². The van der Waals surface area contributed by atoms with Gasteiger partial charge in [-0.15, -0.1) is 0 Å². The number of rotatable bonds is 3. The molecule has 0 spiro atoms. The summed E-state index contributed by atoms with van der Waals surface area (Å²) in [6.45, 7) is 2.09. The van der Waals surface area contributed by atoms with Crippen LogP contribution in [-0.2, 0) is 0 Å². The number of benzene rings is 3. The van der Waals surface area contributed by atoms with Crippen molar-refractivity contribution in [2.24, 2.45) is 0 Å². The highest BCUT2D eigenvalue weighted by molar-refractivity contribution is 6.35. The van der Waals surface area contributed by atoms with E-state index in [1.807, 2.05) is 24.3 Å². The molecule has 0 saturated heterocycles. The van der Waals surface area contributed by atoms with Gasteiger partial charge >= 0.3 is 0 Å². The van der Waals surface area contributed by atoms with E-state index < -0.39 is 0 Å². The zero-order valence-corrected chi connectivity index (χ0v) is 13.1. The van der Waals surface area contributed by atoms with E-state index in [2.05, 4.69) is 42.6 Å². The van der Waals surface area contributed by atoms with E-state index in [9.17, 15) is 0 Å². The van der Waals surface area contributed by atoms with Crippen LogP contribution in [0, 0.1) is 0 Å². The van der Waals surface area contributed by atoms with Crippen LogP contribution in [0.5, 0.6) is 0 Å². The summed E-state index contributed by atoms with van der Waals surface area (Å²) < 4.78 is 0. The van der Waals surface area contributed by atoms with E-state index in [1.54, 1.807) is 6.07 Å². The van der Waals surface area contributed by atoms with Crippen molar-refractivity contribution in [3.63, 3.8) is 0 Å². The van der Waals surface area contributed by atoms with Gasteiger partial charge in [-0.1, -0.05) is 65.7 Å². The quantitative estimate of drug-likeness (QED) is 0.596. The molecule has 0 aliphatic rings. The molecule has 1 atom stereocenters. The van der Waals surface area contributed by atoms with E-state index >= 15 is 0 Å². The lowest BCUT2D eigenvalue weighted by atomic mass is 10.1. The summed E-state index contributed by atoms with van der Waals surface area (Å²) in [6, 6.07) is 20.3. The van der Waals surface area contributed by atoms with Crippen molar-refractivity contribution in [2.75, 3.05) is 5.32 Å². The Morgan fingerprint density at radius 1 is 0.905 bits per heavy atom. The summed E-state index contributed by atoms with van der Waals surface area (Å²) in [7, 11) is 0. The van der Waals surface area contributed by atoms with E-state index in [-0.39, 0.29) is 6.04 Å². The molecule has 1 N–H and O–H groups in total. The highest BCUT2D eigenvalue weighted by atomic mass is 35.5. The van der Waals surface area contributed by atoms with Gasteiger partial charge in [-0.05, 0) is 36.1 Å². The Balaban J connectivity index is 1.94. The fourth-order valence-corrected chi connectivity index (χ4v) is 3.09. The SMILES string of the molecule is CC(Nc1cccc2ccccc12)c1ccc(Cl)cc1Cl. The highest BCUT2D eigenvalue weighted by Crippen LogP contribution is 2.31. The van der Waals surface area contributed by atoms with E-state index in [0.29, 0.717) is 10.0 Å². The van der Waals surface area contributed by atoms with Crippen LogP contribution in [0.15, 0.2) is 60.7 Å². The molecule has 0 bridgehead atoms. The largest absolute Gasteiger partial charge is 0.378 e. The minimum Gasteiger partial charge on any atom is -0.378 e. The van der Waals surface area contributed by atoms with E-state index in [4.69, 9.17) is 23.2 Å². The molecular formula is C18H15Cl2N. The molecule has 21 heavy (non-hydrogen) atoms. The minimum atomic E-state index is 0.0978. The smallest absolute Gasteiger partial charge is 0.0500 e. The molecule has 106 valence electrons. The third kappa shape index (κ3) is 2.99.